The predicted octanol–water partition coefficient (Wildman–Crippen LogP) is 3.31. The Balaban J connectivity index is 2.10. The van der Waals surface area contributed by atoms with Gasteiger partial charge in [-0.25, -0.2) is 0 Å². The zero-order chi connectivity index (χ0) is 18.2. The summed E-state index contributed by atoms with van der Waals surface area (Å²) in [6, 6.07) is 12.3. The number of carbonyl (C=O) groups is 2. The van der Waals surface area contributed by atoms with E-state index in [0.29, 0.717) is 22.9 Å². The maximum atomic E-state index is 12.1. The summed E-state index contributed by atoms with van der Waals surface area (Å²) in [6.07, 6.45) is 3.07. The zero-order valence-electron chi connectivity index (χ0n) is 14.3. The van der Waals surface area contributed by atoms with Crippen LogP contribution in [0.15, 0.2) is 48.5 Å². The van der Waals surface area contributed by atoms with Gasteiger partial charge in [0, 0.05) is 13.0 Å². The van der Waals surface area contributed by atoms with E-state index in [2.05, 4.69) is 10.6 Å². The highest BCUT2D eigenvalue weighted by Gasteiger charge is 2.06. The predicted molar refractivity (Wildman–Crippen MR) is 98.0 cm³/mol. The monoisotopic (exact) mass is 340 g/mol. The highest BCUT2D eigenvalue weighted by Crippen LogP contribution is 2.28. The van der Waals surface area contributed by atoms with Crippen molar-refractivity contribution < 1.29 is 19.1 Å². The van der Waals surface area contributed by atoms with Gasteiger partial charge in [-0.05, 0) is 35.9 Å². The molecule has 0 aliphatic rings. The van der Waals surface area contributed by atoms with E-state index in [1.165, 1.54) is 13.0 Å². The molecule has 0 aliphatic heterocycles. The third kappa shape index (κ3) is 5.10. The molecule has 25 heavy (non-hydrogen) atoms. The van der Waals surface area contributed by atoms with Crippen molar-refractivity contribution >= 4 is 29.3 Å². The van der Waals surface area contributed by atoms with Gasteiger partial charge in [-0.2, -0.15) is 0 Å². The standard InChI is InChI=1S/C19H20N2O4/c1-13(22)20-15-6-4-5-7-16(15)21-19(23)11-9-14-8-10-17(24-2)18(12-14)25-3/h4-12H,1-3H3,(H,20,22)(H,21,23)/b11-9+. The molecule has 0 unspecified atom stereocenters. The molecule has 2 N–H and O–H groups in total. The van der Waals surface area contributed by atoms with Crippen molar-refractivity contribution in [3.63, 3.8) is 0 Å². The SMILES string of the molecule is COc1ccc(/C=C/C(=O)Nc2ccccc2NC(C)=O)cc1OC. The number of hydrogen-bond donors (Lipinski definition) is 2. The Hall–Kier alpha value is -3.28. The van der Waals surface area contributed by atoms with Crippen LogP contribution in [0, 0.1) is 0 Å². The van der Waals surface area contributed by atoms with E-state index in [1.807, 2.05) is 6.07 Å². The van der Waals surface area contributed by atoms with Gasteiger partial charge in [0.05, 0.1) is 25.6 Å². The lowest BCUT2D eigenvalue weighted by Crippen LogP contribution is -2.12. The van der Waals surface area contributed by atoms with Crippen molar-refractivity contribution in [3.8, 4) is 11.5 Å². The van der Waals surface area contributed by atoms with E-state index in [1.54, 1.807) is 56.7 Å². The normalized spacial score (nSPS) is 10.4. The van der Waals surface area contributed by atoms with Crippen LogP contribution in [0.5, 0.6) is 11.5 Å². The van der Waals surface area contributed by atoms with Gasteiger partial charge in [0.15, 0.2) is 11.5 Å². The zero-order valence-corrected chi connectivity index (χ0v) is 14.3. The molecule has 0 fully saturated rings. The molecule has 130 valence electrons. The van der Waals surface area contributed by atoms with Gasteiger partial charge in [0.25, 0.3) is 0 Å². The second-order valence-corrected chi connectivity index (χ2v) is 5.16. The summed E-state index contributed by atoms with van der Waals surface area (Å²) in [7, 11) is 3.12. The van der Waals surface area contributed by atoms with E-state index in [-0.39, 0.29) is 11.8 Å². The molecule has 0 radical (unpaired) electrons. The number of para-hydroxylation sites is 2. The summed E-state index contributed by atoms with van der Waals surface area (Å²) in [5.74, 6) is 0.685. The highest BCUT2D eigenvalue weighted by atomic mass is 16.5. The van der Waals surface area contributed by atoms with E-state index in [0.717, 1.165) is 5.56 Å². The Kier molecular flexibility index (Phi) is 6.17. The summed E-state index contributed by atoms with van der Waals surface area (Å²) in [5.41, 5.74) is 1.87. The van der Waals surface area contributed by atoms with Gasteiger partial charge >= 0.3 is 0 Å². The Bertz CT molecular complexity index is 800. The molecule has 0 bridgehead atoms. The molecule has 2 amide bonds. The van der Waals surface area contributed by atoms with Crippen LogP contribution < -0.4 is 20.1 Å². The van der Waals surface area contributed by atoms with Crippen LogP contribution in [0.2, 0.25) is 0 Å². The van der Waals surface area contributed by atoms with Crippen LogP contribution in [0.1, 0.15) is 12.5 Å². The van der Waals surface area contributed by atoms with Gasteiger partial charge in [-0.1, -0.05) is 18.2 Å². The molecule has 0 atom stereocenters. The first-order chi connectivity index (χ1) is 12.0. The fourth-order valence-electron chi connectivity index (χ4n) is 2.19. The highest BCUT2D eigenvalue weighted by molar-refractivity contribution is 6.05. The fraction of sp³-hybridized carbons (Fsp3) is 0.158. The number of anilines is 2. The first kappa shape index (κ1) is 18.1. The van der Waals surface area contributed by atoms with Crippen molar-refractivity contribution in [1.29, 1.82) is 0 Å². The number of carbonyl (C=O) groups excluding carboxylic acids is 2. The molecule has 2 aromatic rings. The number of hydrogen-bond acceptors (Lipinski definition) is 4. The second-order valence-electron chi connectivity index (χ2n) is 5.16. The van der Waals surface area contributed by atoms with Crippen LogP contribution in [0.4, 0.5) is 11.4 Å². The Morgan fingerprint density at radius 1 is 0.920 bits per heavy atom. The maximum absolute atomic E-state index is 12.1. The largest absolute Gasteiger partial charge is 0.493 e. The first-order valence-corrected chi connectivity index (χ1v) is 7.61. The number of benzene rings is 2. The number of rotatable bonds is 6. The average molecular weight is 340 g/mol. The molecule has 0 saturated heterocycles. The molecule has 0 aliphatic carbocycles. The minimum atomic E-state index is -0.312. The molecule has 2 aromatic carbocycles. The molecule has 0 saturated carbocycles. The number of ether oxygens (including phenoxy) is 2. The summed E-state index contributed by atoms with van der Waals surface area (Å²) in [4.78, 5) is 23.3. The molecular formula is C19H20N2O4. The number of amides is 2. The Morgan fingerprint density at radius 2 is 1.56 bits per heavy atom. The van der Waals surface area contributed by atoms with Crippen LogP contribution >= 0.6 is 0 Å². The second kappa shape index (κ2) is 8.54. The van der Waals surface area contributed by atoms with E-state index >= 15 is 0 Å². The van der Waals surface area contributed by atoms with E-state index in [9.17, 15) is 9.59 Å². The molecular weight excluding hydrogens is 320 g/mol. The van der Waals surface area contributed by atoms with Crippen LogP contribution in [0.3, 0.4) is 0 Å². The lowest BCUT2D eigenvalue weighted by atomic mass is 10.2. The van der Waals surface area contributed by atoms with Crippen molar-refractivity contribution in [2.45, 2.75) is 6.92 Å². The fourth-order valence-corrected chi connectivity index (χ4v) is 2.19. The molecule has 6 heteroatoms. The average Bonchev–Trinajstić information content (AvgIpc) is 2.61. The van der Waals surface area contributed by atoms with Gasteiger partial charge in [-0.3, -0.25) is 9.59 Å². The minimum Gasteiger partial charge on any atom is -0.493 e. The smallest absolute Gasteiger partial charge is 0.248 e. The summed E-state index contributed by atoms with van der Waals surface area (Å²) in [6.45, 7) is 1.41. The summed E-state index contributed by atoms with van der Waals surface area (Å²) in [5, 5.41) is 5.41. The van der Waals surface area contributed by atoms with E-state index in [4.69, 9.17) is 9.47 Å². The molecule has 2 rings (SSSR count). The quantitative estimate of drug-likeness (QED) is 0.791. The Labute approximate surface area is 146 Å². The summed E-state index contributed by atoms with van der Waals surface area (Å²) >= 11 is 0. The third-order valence-corrected chi connectivity index (χ3v) is 3.33. The maximum Gasteiger partial charge on any atom is 0.248 e. The number of nitrogens with one attached hydrogen (secondary N) is 2. The molecule has 0 heterocycles. The lowest BCUT2D eigenvalue weighted by molar-refractivity contribution is -0.114. The van der Waals surface area contributed by atoms with Gasteiger partial charge < -0.3 is 20.1 Å². The molecule has 6 nitrogen and oxygen atoms in total. The van der Waals surface area contributed by atoms with Crippen LogP contribution in [-0.4, -0.2) is 26.0 Å². The molecule has 0 spiro atoms. The van der Waals surface area contributed by atoms with Crippen molar-refractivity contribution in [2.24, 2.45) is 0 Å². The van der Waals surface area contributed by atoms with Crippen molar-refractivity contribution in [1.82, 2.24) is 0 Å². The van der Waals surface area contributed by atoms with E-state index < -0.39 is 0 Å². The van der Waals surface area contributed by atoms with Gasteiger partial charge in [-0.15, -0.1) is 0 Å². The summed E-state index contributed by atoms with van der Waals surface area (Å²) < 4.78 is 10.4. The Morgan fingerprint density at radius 3 is 2.16 bits per heavy atom. The third-order valence-electron chi connectivity index (χ3n) is 3.33. The van der Waals surface area contributed by atoms with Gasteiger partial charge in [0.2, 0.25) is 11.8 Å². The minimum absolute atomic E-state index is 0.206. The van der Waals surface area contributed by atoms with Crippen molar-refractivity contribution in [3.05, 3.63) is 54.1 Å². The number of methoxy groups -OCH3 is 2. The van der Waals surface area contributed by atoms with Gasteiger partial charge in [0.1, 0.15) is 0 Å². The van der Waals surface area contributed by atoms with Crippen LogP contribution in [-0.2, 0) is 9.59 Å². The van der Waals surface area contributed by atoms with Crippen molar-refractivity contribution in [2.75, 3.05) is 24.9 Å². The topological polar surface area (TPSA) is 76.7 Å². The van der Waals surface area contributed by atoms with Crippen LogP contribution in [0.25, 0.3) is 6.08 Å². The first-order valence-electron chi connectivity index (χ1n) is 7.61. The molecule has 0 aromatic heterocycles. The lowest BCUT2D eigenvalue weighted by Gasteiger charge is -2.10.